The van der Waals surface area contributed by atoms with Crippen molar-refractivity contribution in [1.29, 1.82) is 0 Å². The second-order valence-corrected chi connectivity index (χ2v) is 5.41. The number of carboxylic acid groups (broad SMARTS) is 1. The van der Waals surface area contributed by atoms with Crippen LogP contribution in [0.2, 0.25) is 0 Å². The first kappa shape index (κ1) is 14.4. The first-order valence-corrected chi connectivity index (χ1v) is 6.79. The Morgan fingerprint density at radius 2 is 2.20 bits per heavy atom. The Bertz CT molecular complexity index is 464. The maximum absolute atomic E-state index is 11.9. The van der Waals surface area contributed by atoms with Crippen molar-refractivity contribution in [2.45, 2.75) is 44.7 Å². The van der Waals surface area contributed by atoms with Gasteiger partial charge in [-0.25, -0.2) is 14.6 Å². The minimum atomic E-state index is -1.14. The molecule has 110 valence electrons. The Morgan fingerprint density at radius 3 is 2.75 bits per heavy atom. The lowest BCUT2D eigenvalue weighted by Gasteiger charge is -2.36. The number of carbonyl (C=O) groups excluding carboxylic acids is 1. The number of hydrogen-bond acceptors (Lipinski definition) is 3. The second-order valence-electron chi connectivity index (χ2n) is 5.41. The first-order valence-electron chi connectivity index (χ1n) is 6.79. The number of imidazole rings is 1. The van der Waals surface area contributed by atoms with Gasteiger partial charge in [-0.2, -0.15) is 0 Å². The number of nitrogens with zero attached hydrogens (tertiary/aromatic N) is 1. The van der Waals surface area contributed by atoms with E-state index in [4.69, 9.17) is 0 Å². The average Bonchev–Trinajstić information content (AvgIpc) is 2.92. The van der Waals surface area contributed by atoms with Crippen LogP contribution in [-0.4, -0.2) is 32.6 Å². The Morgan fingerprint density at radius 1 is 1.50 bits per heavy atom. The number of carbonyl (C=O) groups is 2. The van der Waals surface area contributed by atoms with Gasteiger partial charge in [0.05, 0.1) is 6.54 Å². The van der Waals surface area contributed by atoms with Crippen molar-refractivity contribution in [3.8, 4) is 0 Å². The maximum atomic E-state index is 11.9. The van der Waals surface area contributed by atoms with Gasteiger partial charge in [0.2, 0.25) is 0 Å². The molecular weight excluding hydrogens is 260 g/mol. The number of hydrogen-bond donors (Lipinski definition) is 4. The molecule has 1 aliphatic carbocycles. The summed E-state index contributed by atoms with van der Waals surface area (Å²) in [6.45, 7) is 2.34. The molecule has 0 saturated heterocycles. The van der Waals surface area contributed by atoms with E-state index < -0.39 is 17.5 Å². The summed E-state index contributed by atoms with van der Waals surface area (Å²) in [4.78, 5) is 30.2. The predicted molar refractivity (Wildman–Crippen MR) is 72.0 cm³/mol. The molecule has 0 aliphatic heterocycles. The molecule has 1 aromatic rings. The summed E-state index contributed by atoms with van der Waals surface area (Å²) in [5.41, 5.74) is -1.14. The quantitative estimate of drug-likeness (QED) is 0.665. The molecule has 1 aliphatic rings. The molecule has 0 radical (unpaired) electrons. The van der Waals surface area contributed by atoms with Crippen LogP contribution in [0, 0.1) is 5.92 Å². The molecule has 0 atom stereocenters. The summed E-state index contributed by atoms with van der Waals surface area (Å²) >= 11 is 0. The number of rotatable bonds is 4. The first-order chi connectivity index (χ1) is 9.52. The molecule has 7 heteroatoms. The lowest BCUT2D eigenvalue weighted by Crippen LogP contribution is -2.58. The number of carboxylic acids is 1. The van der Waals surface area contributed by atoms with Crippen LogP contribution in [0.25, 0.3) is 0 Å². The van der Waals surface area contributed by atoms with E-state index in [1.807, 2.05) is 0 Å². The van der Waals surface area contributed by atoms with Crippen LogP contribution in [0.5, 0.6) is 0 Å². The van der Waals surface area contributed by atoms with Gasteiger partial charge in [0.1, 0.15) is 11.4 Å². The number of aromatic amines is 1. The number of H-pyrrole nitrogens is 1. The van der Waals surface area contributed by atoms with Gasteiger partial charge in [-0.15, -0.1) is 0 Å². The van der Waals surface area contributed by atoms with Crippen molar-refractivity contribution < 1.29 is 14.7 Å². The number of aromatic nitrogens is 2. The topological polar surface area (TPSA) is 107 Å². The SMILES string of the molecule is CC1CCC(NC(=O)NCc2ncc[nH]2)(C(=O)O)CC1. The standard InChI is InChI=1S/C13H20N4O3/c1-9-2-4-13(5-3-9,11(18)19)17-12(20)16-8-10-14-6-7-15-10/h6-7,9H,2-5,8H2,1H3,(H,14,15)(H,18,19)(H2,16,17,20). The molecule has 2 amide bonds. The molecule has 4 N–H and O–H groups in total. The van der Waals surface area contributed by atoms with Gasteiger partial charge in [-0.05, 0) is 31.6 Å². The van der Waals surface area contributed by atoms with Crippen LogP contribution < -0.4 is 10.6 Å². The molecule has 0 unspecified atom stereocenters. The van der Waals surface area contributed by atoms with Crippen LogP contribution in [0.4, 0.5) is 4.79 Å². The van der Waals surface area contributed by atoms with Gasteiger partial charge < -0.3 is 20.7 Å². The Labute approximate surface area is 117 Å². The summed E-state index contributed by atoms with van der Waals surface area (Å²) in [5, 5.41) is 14.7. The van der Waals surface area contributed by atoms with E-state index in [0.717, 1.165) is 12.8 Å². The average molecular weight is 280 g/mol. The molecule has 7 nitrogen and oxygen atoms in total. The number of amides is 2. The van der Waals surface area contributed by atoms with Crippen molar-refractivity contribution >= 4 is 12.0 Å². The van der Waals surface area contributed by atoms with Gasteiger partial charge in [-0.1, -0.05) is 6.92 Å². The summed E-state index contributed by atoms with van der Waals surface area (Å²) in [7, 11) is 0. The molecule has 0 spiro atoms. The van der Waals surface area contributed by atoms with Crippen molar-refractivity contribution in [3.63, 3.8) is 0 Å². The van der Waals surface area contributed by atoms with Crippen molar-refractivity contribution in [3.05, 3.63) is 18.2 Å². The minimum absolute atomic E-state index is 0.241. The van der Waals surface area contributed by atoms with E-state index in [2.05, 4.69) is 27.5 Å². The number of urea groups is 1. The molecule has 0 bridgehead atoms. The summed E-state index contributed by atoms with van der Waals surface area (Å²) < 4.78 is 0. The highest BCUT2D eigenvalue weighted by Crippen LogP contribution is 2.32. The third-order valence-corrected chi connectivity index (χ3v) is 3.86. The Kier molecular flexibility index (Phi) is 4.26. The molecule has 1 heterocycles. The number of nitrogens with one attached hydrogen (secondary N) is 3. The predicted octanol–water partition coefficient (Wildman–Crippen LogP) is 1.24. The van der Waals surface area contributed by atoms with Crippen LogP contribution >= 0.6 is 0 Å². The van der Waals surface area contributed by atoms with E-state index in [1.165, 1.54) is 0 Å². The zero-order valence-electron chi connectivity index (χ0n) is 11.5. The Hall–Kier alpha value is -2.05. The van der Waals surface area contributed by atoms with Gasteiger partial charge in [-0.3, -0.25) is 0 Å². The summed E-state index contributed by atoms with van der Waals surface area (Å²) in [6.07, 6.45) is 5.82. The fraction of sp³-hybridized carbons (Fsp3) is 0.615. The van der Waals surface area contributed by atoms with Crippen molar-refractivity contribution in [2.24, 2.45) is 5.92 Å². The fourth-order valence-electron chi connectivity index (χ4n) is 2.47. The zero-order valence-corrected chi connectivity index (χ0v) is 11.5. The zero-order chi connectivity index (χ0) is 14.6. The molecule has 0 aromatic carbocycles. The van der Waals surface area contributed by atoms with Gasteiger partial charge in [0.25, 0.3) is 0 Å². The van der Waals surface area contributed by atoms with Crippen LogP contribution in [0.15, 0.2) is 12.4 Å². The van der Waals surface area contributed by atoms with E-state index in [-0.39, 0.29) is 6.54 Å². The van der Waals surface area contributed by atoms with Crippen molar-refractivity contribution in [2.75, 3.05) is 0 Å². The summed E-state index contributed by atoms with van der Waals surface area (Å²) in [5.74, 6) is 0.176. The third kappa shape index (κ3) is 3.28. The van der Waals surface area contributed by atoms with Crippen LogP contribution in [0.1, 0.15) is 38.4 Å². The highest BCUT2D eigenvalue weighted by molar-refractivity contribution is 5.86. The normalized spacial score (nSPS) is 25.9. The molecule has 1 aromatic heterocycles. The molecule has 1 saturated carbocycles. The molecule has 1 fully saturated rings. The van der Waals surface area contributed by atoms with Crippen molar-refractivity contribution in [1.82, 2.24) is 20.6 Å². The monoisotopic (exact) mass is 280 g/mol. The lowest BCUT2D eigenvalue weighted by molar-refractivity contribution is -0.146. The van der Waals surface area contributed by atoms with E-state index >= 15 is 0 Å². The van der Waals surface area contributed by atoms with Gasteiger partial charge in [0, 0.05) is 12.4 Å². The Balaban J connectivity index is 1.91. The molecule has 2 rings (SSSR count). The van der Waals surface area contributed by atoms with Crippen LogP contribution in [0.3, 0.4) is 0 Å². The molecule has 20 heavy (non-hydrogen) atoms. The number of aliphatic carboxylic acids is 1. The van der Waals surface area contributed by atoms with E-state index in [0.29, 0.717) is 24.6 Å². The van der Waals surface area contributed by atoms with Crippen LogP contribution in [-0.2, 0) is 11.3 Å². The van der Waals surface area contributed by atoms with Gasteiger partial charge in [0.15, 0.2) is 0 Å². The molecular formula is C13H20N4O3. The minimum Gasteiger partial charge on any atom is -0.480 e. The second kappa shape index (κ2) is 5.94. The highest BCUT2D eigenvalue weighted by Gasteiger charge is 2.42. The van der Waals surface area contributed by atoms with E-state index in [1.54, 1.807) is 12.4 Å². The highest BCUT2D eigenvalue weighted by atomic mass is 16.4. The fourth-order valence-corrected chi connectivity index (χ4v) is 2.47. The third-order valence-electron chi connectivity index (χ3n) is 3.86. The maximum Gasteiger partial charge on any atom is 0.329 e. The smallest absolute Gasteiger partial charge is 0.329 e. The lowest BCUT2D eigenvalue weighted by atomic mass is 9.77. The summed E-state index contributed by atoms with van der Waals surface area (Å²) in [6, 6.07) is -0.474. The van der Waals surface area contributed by atoms with Gasteiger partial charge >= 0.3 is 12.0 Å². The van der Waals surface area contributed by atoms with E-state index in [9.17, 15) is 14.7 Å². The largest absolute Gasteiger partial charge is 0.480 e.